The van der Waals surface area contributed by atoms with Gasteiger partial charge in [-0.1, -0.05) is 37.2 Å². The van der Waals surface area contributed by atoms with Crippen LogP contribution >= 0.6 is 0 Å². The molecule has 106 valence electrons. The van der Waals surface area contributed by atoms with Crippen LogP contribution < -0.4 is 10.5 Å². The SMILES string of the molecule is CC(C)C[C@@H](N)c1nc(C2Cc3ccccc3O2)no1. The topological polar surface area (TPSA) is 74.2 Å². The Balaban J connectivity index is 1.73. The van der Waals surface area contributed by atoms with Crippen LogP contribution in [0, 0.1) is 5.92 Å². The van der Waals surface area contributed by atoms with Gasteiger partial charge in [-0.2, -0.15) is 4.98 Å². The summed E-state index contributed by atoms with van der Waals surface area (Å²) in [7, 11) is 0. The first-order valence-electron chi connectivity index (χ1n) is 6.97. The summed E-state index contributed by atoms with van der Waals surface area (Å²) in [6.45, 7) is 4.24. The third-order valence-electron chi connectivity index (χ3n) is 3.44. The van der Waals surface area contributed by atoms with Crippen molar-refractivity contribution in [3.05, 3.63) is 41.5 Å². The van der Waals surface area contributed by atoms with Crippen molar-refractivity contribution in [1.82, 2.24) is 10.1 Å². The van der Waals surface area contributed by atoms with Crippen molar-refractivity contribution < 1.29 is 9.26 Å². The number of hydrogen-bond acceptors (Lipinski definition) is 5. The van der Waals surface area contributed by atoms with E-state index >= 15 is 0 Å². The number of nitrogens with zero attached hydrogens (tertiary/aromatic N) is 2. The Morgan fingerprint density at radius 1 is 1.35 bits per heavy atom. The van der Waals surface area contributed by atoms with Gasteiger partial charge in [-0.15, -0.1) is 0 Å². The lowest BCUT2D eigenvalue weighted by Crippen LogP contribution is -2.14. The molecule has 0 bridgehead atoms. The van der Waals surface area contributed by atoms with E-state index in [-0.39, 0.29) is 12.1 Å². The van der Waals surface area contributed by atoms with Gasteiger partial charge in [0, 0.05) is 6.42 Å². The van der Waals surface area contributed by atoms with Crippen molar-refractivity contribution in [2.75, 3.05) is 0 Å². The lowest BCUT2D eigenvalue weighted by molar-refractivity contribution is 0.220. The zero-order valence-electron chi connectivity index (χ0n) is 11.7. The van der Waals surface area contributed by atoms with E-state index in [1.54, 1.807) is 0 Å². The minimum atomic E-state index is -0.208. The average Bonchev–Trinajstić information content (AvgIpc) is 3.04. The molecule has 0 radical (unpaired) electrons. The van der Waals surface area contributed by atoms with Gasteiger partial charge >= 0.3 is 0 Å². The average molecular weight is 273 g/mol. The molecule has 3 rings (SSSR count). The van der Waals surface area contributed by atoms with Crippen LogP contribution in [0.2, 0.25) is 0 Å². The molecule has 0 saturated heterocycles. The molecule has 1 aliphatic rings. The first-order chi connectivity index (χ1) is 9.63. The fraction of sp³-hybridized carbons (Fsp3) is 0.467. The fourth-order valence-corrected chi connectivity index (χ4v) is 2.46. The Morgan fingerprint density at radius 2 is 2.15 bits per heavy atom. The van der Waals surface area contributed by atoms with Crippen LogP contribution in [0.5, 0.6) is 5.75 Å². The molecule has 0 spiro atoms. The molecule has 0 saturated carbocycles. The normalized spacial score (nSPS) is 18.9. The first-order valence-corrected chi connectivity index (χ1v) is 6.97. The Kier molecular flexibility index (Phi) is 3.44. The second kappa shape index (κ2) is 5.25. The Bertz CT molecular complexity index is 569. The van der Waals surface area contributed by atoms with E-state index in [4.69, 9.17) is 15.0 Å². The van der Waals surface area contributed by atoms with Gasteiger partial charge in [0.1, 0.15) is 5.75 Å². The first kappa shape index (κ1) is 13.1. The molecule has 0 amide bonds. The Morgan fingerprint density at radius 3 is 2.90 bits per heavy atom. The number of rotatable bonds is 4. The molecule has 1 aromatic heterocycles. The summed E-state index contributed by atoms with van der Waals surface area (Å²) in [6, 6.07) is 7.77. The van der Waals surface area contributed by atoms with Crippen LogP contribution in [0.25, 0.3) is 0 Å². The second-order valence-electron chi connectivity index (χ2n) is 5.65. The van der Waals surface area contributed by atoms with Crippen LogP contribution in [0.1, 0.15) is 49.7 Å². The summed E-state index contributed by atoms with van der Waals surface area (Å²) in [5.74, 6) is 2.46. The highest BCUT2D eigenvalue weighted by molar-refractivity contribution is 5.37. The van der Waals surface area contributed by atoms with Gasteiger partial charge in [-0.25, -0.2) is 0 Å². The fourth-order valence-electron chi connectivity index (χ4n) is 2.46. The lowest BCUT2D eigenvalue weighted by Gasteiger charge is -2.08. The zero-order chi connectivity index (χ0) is 14.1. The van der Waals surface area contributed by atoms with E-state index in [1.807, 2.05) is 18.2 Å². The highest BCUT2D eigenvalue weighted by atomic mass is 16.5. The Labute approximate surface area is 118 Å². The Hall–Kier alpha value is -1.88. The molecule has 0 aliphatic carbocycles. The predicted octanol–water partition coefficient (Wildman–Crippen LogP) is 2.79. The van der Waals surface area contributed by atoms with Crippen molar-refractivity contribution in [2.24, 2.45) is 11.7 Å². The molecule has 0 fully saturated rings. The van der Waals surface area contributed by atoms with E-state index in [0.29, 0.717) is 17.6 Å². The third-order valence-corrected chi connectivity index (χ3v) is 3.44. The van der Waals surface area contributed by atoms with Gasteiger partial charge in [0.15, 0.2) is 6.10 Å². The summed E-state index contributed by atoms with van der Waals surface area (Å²) in [6.07, 6.45) is 1.43. The van der Waals surface area contributed by atoms with Gasteiger partial charge in [0.05, 0.1) is 6.04 Å². The molecule has 2 heterocycles. The van der Waals surface area contributed by atoms with Crippen LogP contribution in [-0.2, 0) is 6.42 Å². The quantitative estimate of drug-likeness (QED) is 0.927. The molecule has 20 heavy (non-hydrogen) atoms. The smallest absolute Gasteiger partial charge is 0.243 e. The zero-order valence-corrected chi connectivity index (χ0v) is 11.7. The van der Waals surface area contributed by atoms with Crippen LogP contribution in [0.15, 0.2) is 28.8 Å². The van der Waals surface area contributed by atoms with E-state index in [9.17, 15) is 0 Å². The maximum Gasteiger partial charge on any atom is 0.243 e. The second-order valence-corrected chi connectivity index (χ2v) is 5.65. The van der Waals surface area contributed by atoms with Gasteiger partial charge in [0.2, 0.25) is 11.7 Å². The van der Waals surface area contributed by atoms with E-state index in [1.165, 1.54) is 5.56 Å². The van der Waals surface area contributed by atoms with Crippen LogP contribution in [0.4, 0.5) is 0 Å². The minimum Gasteiger partial charge on any atom is -0.482 e. The summed E-state index contributed by atoms with van der Waals surface area (Å²) < 4.78 is 11.1. The maximum absolute atomic E-state index is 6.06. The number of nitrogens with two attached hydrogens (primary N) is 1. The van der Waals surface area contributed by atoms with Crippen molar-refractivity contribution in [1.29, 1.82) is 0 Å². The predicted molar refractivity (Wildman–Crippen MR) is 74.2 cm³/mol. The van der Waals surface area contributed by atoms with E-state index in [0.717, 1.165) is 18.6 Å². The number of aromatic nitrogens is 2. The molecule has 1 unspecified atom stereocenters. The molecule has 2 atom stereocenters. The molecule has 2 aromatic rings. The maximum atomic E-state index is 6.06. The molecule has 1 aliphatic heterocycles. The van der Waals surface area contributed by atoms with E-state index < -0.39 is 0 Å². The number of fused-ring (bicyclic) bond motifs is 1. The standard InChI is InChI=1S/C15H19N3O2/c1-9(2)7-11(16)15-17-14(18-20-15)13-8-10-5-3-4-6-12(10)19-13/h3-6,9,11,13H,7-8,16H2,1-2H3/t11-,13?/m1/s1. The highest BCUT2D eigenvalue weighted by Gasteiger charge is 2.29. The molecule has 5 heteroatoms. The van der Waals surface area contributed by atoms with E-state index in [2.05, 4.69) is 30.1 Å². The van der Waals surface area contributed by atoms with Crippen molar-refractivity contribution in [2.45, 2.75) is 38.8 Å². The molecular formula is C15H19N3O2. The van der Waals surface area contributed by atoms with Gasteiger partial charge in [-0.05, 0) is 24.0 Å². The third kappa shape index (κ3) is 2.54. The van der Waals surface area contributed by atoms with Crippen molar-refractivity contribution >= 4 is 0 Å². The van der Waals surface area contributed by atoms with Gasteiger partial charge in [-0.3, -0.25) is 0 Å². The molecule has 5 nitrogen and oxygen atoms in total. The van der Waals surface area contributed by atoms with Crippen LogP contribution in [0.3, 0.4) is 0 Å². The highest BCUT2D eigenvalue weighted by Crippen LogP contribution is 2.35. The number of hydrogen-bond donors (Lipinski definition) is 1. The van der Waals surface area contributed by atoms with Crippen LogP contribution in [-0.4, -0.2) is 10.1 Å². The van der Waals surface area contributed by atoms with Gasteiger partial charge in [0.25, 0.3) is 0 Å². The monoisotopic (exact) mass is 273 g/mol. The van der Waals surface area contributed by atoms with Crippen molar-refractivity contribution in [3.63, 3.8) is 0 Å². The summed E-state index contributed by atoms with van der Waals surface area (Å²) in [5.41, 5.74) is 7.23. The van der Waals surface area contributed by atoms with Crippen molar-refractivity contribution in [3.8, 4) is 5.75 Å². The largest absolute Gasteiger partial charge is 0.482 e. The minimum absolute atomic E-state index is 0.170. The van der Waals surface area contributed by atoms with Gasteiger partial charge < -0.3 is 15.0 Å². The summed E-state index contributed by atoms with van der Waals surface area (Å²) >= 11 is 0. The lowest BCUT2D eigenvalue weighted by atomic mass is 10.0. The molecule has 2 N–H and O–H groups in total. The molecule has 1 aromatic carbocycles. The number of ether oxygens (including phenoxy) is 1. The molecular weight excluding hydrogens is 254 g/mol. The summed E-state index contributed by atoms with van der Waals surface area (Å²) in [4.78, 5) is 4.40. The summed E-state index contributed by atoms with van der Waals surface area (Å²) in [5, 5.41) is 4.02. The number of benzene rings is 1. The number of para-hydroxylation sites is 1.